The van der Waals surface area contributed by atoms with Crippen molar-refractivity contribution < 1.29 is 9.18 Å². The summed E-state index contributed by atoms with van der Waals surface area (Å²) in [5, 5.41) is 2.84. The van der Waals surface area contributed by atoms with Crippen molar-refractivity contribution in [2.75, 3.05) is 5.73 Å². The summed E-state index contributed by atoms with van der Waals surface area (Å²) in [6.07, 6.45) is 0. The van der Waals surface area contributed by atoms with E-state index < -0.39 is 5.82 Å². The van der Waals surface area contributed by atoms with Crippen molar-refractivity contribution in [3.63, 3.8) is 0 Å². The van der Waals surface area contributed by atoms with Crippen molar-refractivity contribution in [1.82, 2.24) is 5.32 Å². The van der Waals surface area contributed by atoms with Crippen molar-refractivity contribution in [3.8, 4) is 0 Å². The second kappa shape index (κ2) is 5.74. The van der Waals surface area contributed by atoms with Crippen molar-refractivity contribution in [3.05, 3.63) is 65.0 Å². The van der Waals surface area contributed by atoms with Gasteiger partial charge in [-0.25, -0.2) is 4.39 Å². The highest BCUT2D eigenvalue weighted by molar-refractivity contribution is 5.94. The summed E-state index contributed by atoms with van der Waals surface area (Å²) in [7, 11) is 0. The Morgan fingerprint density at radius 2 is 2.00 bits per heavy atom. The molecule has 0 saturated carbocycles. The average molecular weight is 272 g/mol. The van der Waals surface area contributed by atoms with E-state index in [4.69, 9.17) is 5.73 Å². The zero-order valence-electron chi connectivity index (χ0n) is 11.5. The summed E-state index contributed by atoms with van der Waals surface area (Å²) in [5.41, 5.74) is 7.82. The maximum Gasteiger partial charge on any atom is 0.251 e. The van der Waals surface area contributed by atoms with Crippen LogP contribution in [0.1, 0.15) is 34.5 Å². The maximum atomic E-state index is 13.3. The van der Waals surface area contributed by atoms with E-state index in [9.17, 15) is 9.18 Å². The molecule has 0 aliphatic heterocycles. The molecule has 20 heavy (non-hydrogen) atoms. The van der Waals surface area contributed by atoms with Crippen LogP contribution in [0.5, 0.6) is 0 Å². The van der Waals surface area contributed by atoms with Crippen LogP contribution in [0.2, 0.25) is 0 Å². The molecule has 2 aromatic carbocycles. The van der Waals surface area contributed by atoms with E-state index in [1.165, 1.54) is 12.1 Å². The first-order valence-corrected chi connectivity index (χ1v) is 6.40. The van der Waals surface area contributed by atoms with Gasteiger partial charge in [0.15, 0.2) is 0 Å². The number of anilines is 1. The van der Waals surface area contributed by atoms with Crippen molar-refractivity contribution in [2.45, 2.75) is 19.9 Å². The number of carbonyl (C=O) groups is 1. The Morgan fingerprint density at radius 3 is 2.65 bits per heavy atom. The highest BCUT2D eigenvalue weighted by Crippen LogP contribution is 2.16. The molecule has 0 bridgehead atoms. The Kier molecular flexibility index (Phi) is 4.03. The predicted octanol–water partition coefficient (Wildman–Crippen LogP) is 3.21. The Morgan fingerprint density at radius 1 is 1.25 bits per heavy atom. The number of rotatable bonds is 3. The van der Waals surface area contributed by atoms with Crippen LogP contribution in [0.25, 0.3) is 0 Å². The van der Waals surface area contributed by atoms with Gasteiger partial charge in [-0.3, -0.25) is 4.79 Å². The Bertz CT molecular complexity index is 640. The van der Waals surface area contributed by atoms with Crippen molar-refractivity contribution in [2.24, 2.45) is 0 Å². The molecule has 1 atom stereocenters. The average Bonchev–Trinajstić information content (AvgIpc) is 2.41. The van der Waals surface area contributed by atoms with Crippen LogP contribution in [0.4, 0.5) is 10.1 Å². The van der Waals surface area contributed by atoms with Crippen LogP contribution in [-0.2, 0) is 0 Å². The number of halogens is 1. The van der Waals surface area contributed by atoms with Crippen LogP contribution in [0.15, 0.2) is 42.5 Å². The monoisotopic (exact) mass is 272 g/mol. The molecule has 2 rings (SSSR count). The van der Waals surface area contributed by atoms with Gasteiger partial charge >= 0.3 is 0 Å². The lowest BCUT2D eigenvalue weighted by atomic mass is 10.1. The Balaban J connectivity index is 2.13. The molecule has 3 nitrogen and oxygen atoms in total. The molecule has 0 saturated heterocycles. The van der Waals surface area contributed by atoms with E-state index in [-0.39, 0.29) is 23.2 Å². The number of nitrogens with one attached hydrogen (secondary N) is 1. The minimum Gasteiger partial charge on any atom is -0.396 e. The summed E-state index contributed by atoms with van der Waals surface area (Å²) in [5.74, 6) is -0.904. The number of nitrogen functional groups attached to an aromatic ring is 1. The molecule has 0 spiro atoms. The molecule has 3 N–H and O–H groups in total. The third-order valence-corrected chi connectivity index (χ3v) is 3.15. The molecule has 1 amide bonds. The molecule has 0 aliphatic rings. The number of hydrogen-bond acceptors (Lipinski definition) is 2. The number of benzene rings is 2. The van der Waals surface area contributed by atoms with E-state index in [0.717, 1.165) is 17.2 Å². The number of amides is 1. The van der Waals surface area contributed by atoms with Gasteiger partial charge in [0.1, 0.15) is 5.82 Å². The van der Waals surface area contributed by atoms with Gasteiger partial charge in [-0.1, -0.05) is 29.8 Å². The van der Waals surface area contributed by atoms with Gasteiger partial charge in [-0.2, -0.15) is 0 Å². The second-order valence-electron chi connectivity index (χ2n) is 4.85. The normalized spacial score (nSPS) is 11.9. The molecule has 0 aliphatic carbocycles. The topological polar surface area (TPSA) is 55.1 Å². The van der Waals surface area contributed by atoms with Crippen molar-refractivity contribution in [1.29, 1.82) is 0 Å². The fraction of sp³-hybridized carbons (Fsp3) is 0.188. The lowest BCUT2D eigenvalue weighted by Gasteiger charge is -2.15. The number of aryl methyl sites for hydroxylation is 1. The third-order valence-electron chi connectivity index (χ3n) is 3.15. The molecular formula is C16H17FN2O. The highest BCUT2D eigenvalue weighted by Gasteiger charge is 2.12. The highest BCUT2D eigenvalue weighted by atomic mass is 19.1. The number of nitrogens with two attached hydrogens (primary N) is 1. The van der Waals surface area contributed by atoms with Crippen molar-refractivity contribution >= 4 is 11.6 Å². The van der Waals surface area contributed by atoms with E-state index in [1.807, 2.05) is 38.1 Å². The van der Waals surface area contributed by atoms with Gasteiger partial charge in [0.2, 0.25) is 0 Å². The van der Waals surface area contributed by atoms with E-state index in [2.05, 4.69) is 5.32 Å². The summed E-state index contributed by atoms with van der Waals surface area (Å²) in [6, 6.07) is 11.8. The smallest absolute Gasteiger partial charge is 0.251 e. The van der Waals surface area contributed by atoms with Crippen LogP contribution >= 0.6 is 0 Å². The van der Waals surface area contributed by atoms with Crippen LogP contribution in [0.3, 0.4) is 0 Å². The van der Waals surface area contributed by atoms with Crippen LogP contribution in [-0.4, -0.2) is 5.91 Å². The molecule has 0 radical (unpaired) electrons. The largest absolute Gasteiger partial charge is 0.396 e. The predicted molar refractivity (Wildman–Crippen MR) is 77.9 cm³/mol. The Labute approximate surface area is 117 Å². The third kappa shape index (κ3) is 3.15. The molecule has 104 valence electrons. The van der Waals surface area contributed by atoms with Gasteiger partial charge in [-0.05, 0) is 37.6 Å². The summed E-state index contributed by atoms with van der Waals surface area (Å²) in [6.45, 7) is 3.88. The van der Waals surface area contributed by atoms with Gasteiger partial charge in [0.05, 0.1) is 11.7 Å². The molecule has 0 heterocycles. The minimum absolute atomic E-state index is 0.0354. The van der Waals surface area contributed by atoms with Gasteiger partial charge in [-0.15, -0.1) is 0 Å². The lowest BCUT2D eigenvalue weighted by Crippen LogP contribution is -2.26. The van der Waals surface area contributed by atoms with E-state index in [1.54, 1.807) is 0 Å². The quantitative estimate of drug-likeness (QED) is 0.843. The summed E-state index contributed by atoms with van der Waals surface area (Å²) in [4.78, 5) is 12.1. The molecule has 0 aromatic heterocycles. The summed E-state index contributed by atoms with van der Waals surface area (Å²) >= 11 is 0. The van der Waals surface area contributed by atoms with Gasteiger partial charge < -0.3 is 11.1 Å². The molecule has 2 aromatic rings. The van der Waals surface area contributed by atoms with Gasteiger partial charge in [0.25, 0.3) is 5.91 Å². The SMILES string of the molecule is Cc1cccc([C@H](C)NC(=O)c2ccc(N)c(F)c2)c1. The maximum absolute atomic E-state index is 13.3. The first-order valence-electron chi connectivity index (χ1n) is 6.40. The van der Waals surface area contributed by atoms with Crippen LogP contribution in [0, 0.1) is 12.7 Å². The molecule has 0 fully saturated rings. The van der Waals surface area contributed by atoms with Crippen LogP contribution < -0.4 is 11.1 Å². The second-order valence-corrected chi connectivity index (χ2v) is 4.85. The van der Waals surface area contributed by atoms with Gasteiger partial charge in [0, 0.05) is 5.56 Å². The van der Waals surface area contributed by atoms with E-state index in [0.29, 0.717) is 0 Å². The standard InChI is InChI=1S/C16H17FN2O/c1-10-4-3-5-12(8-10)11(2)19-16(20)13-6-7-15(18)14(17)9-13/h3-9,11H,18H2,1-2H3,(H,19,20)/t11-/m0/s1. The zero-order chi connectivity index (χ0) is 14.7. The first-order chi connectivity index (χ1) is 9.47. The molecule has 4 heteroatoms. The fourth-order valence-electron chi connectivity index (χ4n) is 1.97. The molecule has 0 unspecified atom stereocenters. The van der Waals surface area contributed by atoms with E-state index >= 15 is 0 Å². The number of carbonyl (C=O) groups excluding carboxylic acids is 1. The molecular weight excluding hydrogens is 255 g/mol. The zero-order valence-corrected chi connectivity index (χ0v) is 11.5. The first kappa shape index (κ1) is 14.1. The minimum atomic E-state index is -0.583. The number of hydrogen-bond donors (Lipinski definition) is 2. The lowest BCUT2D eigenvalue weighted by molar-refractivity contribution is 0.0939. The fourth-order valence-corrected chi connectivity index (χ4v) is 1.97. The Hall–Kier alpha value is -2.36. The summed E-state index contributed by atoms with van der Waals surface area (Å²) < 4.78 is 13.3.